The zero-order chi connectivity index (χ0) is 18.6. The van der Waals surface area contributed by atoms with Crippen molar-refractivity contribution in [3.8, 4) is 0 Å². The molecule has 0 unspecified atom stereocenters. The highest BCUT2D eigenvalue weighted by Gasteiger charge is 2.22. The number of nitrogens with one attached hydrogen (secondary N) is 1. The normalized spacial score (nSPS) is 19.7. The summed E-state index contributed by atoms with van der Waals surface area (Å²) >= 11 is 0. The van der Waals surface area contributed by atoms with Crippen LogP contribution in [0.3, 0.4) is 0 Å². The second-order valence-electron chi connectivity index (χ2n) is 7.17. The summed E-state index contributed by atoms with van der Waals surface area (Å²) in [5.74, 6) is 1.64. The van der Waals surface area contributed by atoms with E-state index in [2.05, 4.69) is 32.3 Å². The van der Waals surface area contributed by atoms with Gasteiger partial charge in [-0.15, -0.1) is 0 Å². The molecule has 1 aromatic carbocycles. The van der Waals surface area contributed by atoms with Crippen molar-refractivity contribution in [2.45, 2.75) is 38.5 Å². The average molecular weight is 367 g/mol. The van der Waals surface area contributed by atoms with Crippen molar-refractivity contribution in [2.24, 2.45) is 0 Å². The number of aliphatic hydroxyl groups is 1. The Morgan fingerprint density at radius 1 is 1.19 bits per heavy atom. The first kappa shape index (κ1) is 17.7. The van der Waals surface area contributed by atoms with Crippen LogP contribution < -0.4 is 10.2 Å². The number of hydrogen-bond donors (Lipinski definition) is 2. The summed E-state index contributed by atoms with van der Waals surface area (Å²) in [4.78, 5) is 24.8. The lowest BCUT2D eigenvalue weighted by Crippen LogP contribution is -2.24. The van der Waals surface area contributed by atoms with Gasteiger partial charge in [-0.25, -0.2) is 4.98 Å². The first-order valence-electron chi connectivity index (χ1n) is 9.53. The topological polar surface area (TPSA) is 81.6 Å². The van der Waals surface area contributed by atoms with Crippen LogP contribution in [0.4, 0.5) is 11.8 Å². The molecule has 2 aliphatic rings. The molecule has 2 aliphatic heterocycles. The number of rotatable bonds is 6. The number of hydrogen-bond acceptors (Lipinski definition) is 6. The highest BCUT2D eigenvalue weighted by Crippen LogP contribution is 2.20. The van der Waals surface area contributed by atoms with E-state index < -0.39 is 0 Å². The van der Waals surface area contributed by atoms with Crippen LogP contribution in [0.25, 0.3) is 0 Å². The maximum Gasteiger partial charge on any atom is 0.224 e. The van der Waals surface area contributed by atoms with Gasteiger partial charge in [-0.1, -0.05) is 24.3 Å². The van der Waals surface area contributed by atoms with Gasteiger partial charge in [0.25, 0.3) is 0 Å². The molecular formula is C20H25N5O2. The molecule has 1 atom stereocenters. The molecule has 0 spiro atoms. The third-order valence-electron chi connectivity index (χ3n) is 5.22. The van der Waals surface area contributed by atoms with Gasteiger partial charge in [-0.05, 0) is 30.0 Å². The van der Waals surface area contributed by atoms with Crippen molar-refractivity contribution in [2.75, 3.05) is 29.9 Å². The van der Waals surface area contributed by atoms with Gasteiger partial charge in [0.05, 0.1) is 6.10 Å². The lowest BCUT2D eigenvalue weighted by molar-refractivity contribution is -0.128. The van der Waals surface area contributed by atoms with E-state index >= 15 is 0 Å². The van der Waals surface area contributed by atoms with E-state index in [-0.39, 0.29) is 12.0 Å². The standard InChI is InChI=1S/C20H25N5O2/c26-17-8-11-24(14-17)18-7-9-21-20(23-18)22-12-15-4-1-2-5-16(15)13-25-10-3-6-19(25)27/h1-2,4-5,7,9,17,26H,3,6,8,10-14H2,(H,21,22,23)/t17-/m1/s1. The Bertz CT molecular complexity index is 812. The van der Waals surface area contributed by atoms with E-state index in [0.717, 1.165) is 42.9 Å². The zero-order valence-corrected chi connectivity index (χ0v) is 15.3. The number of carbonyl (C=O) groups is 1. The minimum atomic E-state index is -0.281. The molecule has 2 fully saturated rings. The van der Waals surface area contributed by atoms with Crippen LogP contribution in [-0.4, -0.2) is 51.6 Å². The number of likely N-dealkylation sites (tertiary alicyclic amines) is 1. The Morgan fingerprint density at radius 3 is 2.78 bits per heavy atom. The van der Waals surface area contributed by atoms with E-state index in [1.54, 1.807) is 6.20 Å². The SMILES string of the molecule is O=C1CCCN1Cc1ccccc1CNc1nccc(N2CC[C@@H](O)C2)n1. The summed E-state index contributed by atoms with van der Waals surface area (Å²) in [6.45, 7) is 3.52. The van der Waals surface area contributed by atoms with Crippen LogP contribution in [0, 0.1) is 0 Å². The molecule has 2 aromatic rings. The first-order valence-corrected chi connectivity index (χ1v) is 9.53. The van der Waals surface area contributed by atoms with Crippen molar-refractivity contribution in [1.82, 2.24) is 14.9 Å². The molecule has 4 rings (SSSR count). The Labute approximate surface area is 159 Å². The molecule has 1 aromatic heterocycles. The maximum atomic E-state index is 11.9. The van der Waals surface area contributed by atoms with E-state index in [1.165, 1.54) is 0 Å². The molecule has 7 nitrogen and oxygen atoms in total. The Morgan fingerprint density at radius 2 is 2.04 bits per heavy atom. The van der Waals surface area contributed by atoms with Gasteiger partial charge < -0.3 is 20.2 Å². The Kier molecular flexibility index (Phi) is 5.20. The van der Waals surface area contributed by atoms with Crippen molar-refractivity contribution in [1.29, 1.82) is 0 Å². The predicted octanol–water partition coefficient (Wildman–Crippen LogP) is 1.78. The molecule has 0 bridgehead atoms. The number of benzene rings is 1. The average Bonchev–Trinajstić information content (AvgIpc) is 3.30. The monoisotopic (exact) mass is 367 g/mol. The minimum absolute atomic E-state index is 0.238. The third kappa shape index (κ3) is 4.19. The molecule has 0 aliphatic carbocycles. The highest BCUT2D eigenvalue weighted by atomic mass is 16.3. The quantitative estimate of drug-likeness (QED) is 0.810. The predicted molar refractivity (Wildman–Crippen MR) is 103 cm³/mol. The summed E-state index contributed by atoms with van der Waals surface area (Å²) in [5, 5.41) is 13.0. The Balaban J connectivity index is 1.42. The van der Waals surface area contributed by atoms with E-state index in [1.807, 2.05) is 23.1 Å². The number of amides is 1. The van der Waals surface area contributed by atoms with Gasteiger partial charge >= 0.3 is 0 Å². The molecule has 0 radical (unpaired) electrons. The van der Waals surface area contributed by atoms with Crippen LogP contribution in [0.1, 0.15) is 30.4 Å². The summed E-state index contributed by atoms with van der Waals surface area (Å²) in [7, 11) is 0. The van der Waals surface area contributed by atoms with E-state index in [9.17, 15) is 9.90 Å². The molecule has 7 heteroatoms. The fourth-order valence-corrected chi connectivity index (χ4v) is 3.70. The van der Waals surface area contributed by atoms with Crippen molar-refractivity contribution in [3.63, 3.8) is 0 Å². The van der Waals surface area contributed by atoms with Gasteiger partial charge in [-0.2, -0.15) is 4.98 Å². The molecule has 3 heterocycles. The van der Waals surface area contributed by atoms with Crippen LogP contribution in [0.5, 0.6) is 0 Å². The summed E-state index contributed by atoms with van der Waals surface area (Å²) in [6.07, 6.45) is 3.84. The highest BCUT2D eigenvalue weighted by molar-refractivity contribution is 5.78. The fourth-order valence-electron chi connectivity index (χ4n) is 3.70. The Hall–Kier alpha value is -2.67. The lowest BCUT2D eigenvalue weighted by Gasteiger charge is -2.19. The number of β-amino-alcohol motifs (C(OH)–C–C–N with tert-alkyl or cyclic N) is 1. The van der Waals surface area contributed by atoms with Gasteiger partial charge in [0.2, 0.25) is 11.9 Å². The van der Waals surface area contributed by atoms with Crippen molar-refractivity contribution >= 4 is 17.7 Å². The minimum Gasteiger partial charge on any atom is -0.391 e. The van der Waals surface area contributed by atoms with Gasteiger partial charge in [0, 0.05) is 45.3 Å². The second-order valence-corrected chi connectivity index (χ2v) is 7.17. The fraction of sp³-hybridized carbons (Fsp3) is 0.450. The maximum absolute atomic E-state index is 11.9. The summed E-state index contributed by atoms with van der Waals surface area (Å²) in [5.41, 5.74) is 2.29. The van der Waals surface area contributed by atoms with Crippen molar-refractivity contribution < 1.29 is 9.90 Å². The smallest absolute Gasteiger partial charge is 0.224 e. The van der Waals surface area contributed by atoms with Crippen LogP contribution in [-0.2, 0) is 17.9 Å². The zero-order valence-electron chi connectivity index (χ0n) is 15.3. The molecule has 27 heavy (non-hydrogen) atoms. The third-order valence-corrected chi connectivity index (χ3v) is 5.22. The largest absolute Gasteiger partial charge is 0.391 e. The first-order chi connectivity index (χ1) is 13.2. The molecule has 0 saturated carbocycles. The van der Waals surface area contributed by atoms with Crippen LogP contribution >= 0.6 is 0 Å². The van der Waals surface area contributed by atoms with E-state index in [0.29, 0.717) is 32.0 Å². The lowest BCUT2D eigenvalue weighted by atomic mass is 10.1. The molecule has 142 valence electrons. The number of aliphatic hydroxyl groups excluding tert-OH is 1. The van der Waals surface area contributed by atoms with Gasteiger partial charge in [-0.3, -0.25) is 4.79 Å². The van der Waals surface area contributed by atoms with Gasteiger partial charge in [0.15, 0.2) is 0 Å². The molecule has 2 N–H and O–H groups in total. The molecule has 2 saturated heterocycles. The van der Waals surface area contributed by atoms with Crippen LogP contribution in [0.2, 0.25) is 0 Å². The second kappa shape index (κ2) is 7.92. The molecular weight excluding hydrogens is 342 g/mol. The van der Waals surface area contributed by atoms with Crippen molar-refractivity contribution in [3.05, 3.63) is 47.7 Å². The number of aromatic nitrogens is 2. The summed E-state index contributed by atoms with van der Waals surface area (Å²) < 4.78 is 0. The number of nitrogens with zero attached hydrogens (tertiary/aromatic N) is 4. The van der Waals surface area contributed by atoms with Gasteiger partial charge in [0.1, 0.15) is 5.82 Å². The van der Waals surface area contributed by atoms with E-state index in [4.69, 9.17) is 0 Å². The number of anilines is 2. The summed E-state index contributed by atoms with van der Waals surface area (Å²) in [6, 6.07) is 10.0. The van der Waals surface area contributed by atoms with Crippen LogP contribution in [0.15, 0.2) is 36.5 Å². The molecule has 1 amide bonds. The number of carbonyl (C=O) groups excluding carboxylic acids is 1.